The van der Waals surface area contributed by atoms with Crippen molar-refractivity contribution in [3.63, 3.8) is 0 Å². The molecule has 0 aliphatic heterocycles. The Morgan fingerprint density at radius 3 is 1.54 bits per heavy atom. The van der Waals surface area contributed by atoms with Crippen molar-refractivity contribution in [3.05, 3.63) is 0 Å². The number of rotatable bonds is 3. The zero-order valence-corrected chi connectivity index (χ0v) is 12.0. The first-order valence-corrected chi connectivity index (χ1v) is 8.56. The van der Waals surface area contributed by atoms with Crippen molar-refractivity contribution < 1.29 is 4.12 Å². The molecular formula is C10H22OSi2. The largest absolute Gasteiger partial charge is 0.465 e. The third kappa shape index (κ3) is 2.25. The van der Waals surface area contributed by atoms with Crippen molar-refractivity contribution in [2.75, 3.05) is 0 Å². The van der Waals surface area contributed by atoms with Crippen LogP contribution in [0, 0.1) is 0 Å². The minimum atomic E-state index is -0.756. The van der Waals surface area contributed by atoms with E-state index in [4.69, 9.17) is 4.12 Å². The van der Waals surface area contributed by atoms with Crippen LogP contribution < -0.4 is 0 Å². The SMILES string of the molecule is [SiH3]O[SiH](C1CCCC1)C1CCCC1. The molecule has 0 aromatic carbocycles. The fourth-order valence-corrected chi connectivity index (χ4v) is 9.45. The highest BCUT2D eigenvalue weighted by molar-refractivity contribution is 6.59. The van der Waals surface area contributed by atoms with E-state index in [2.05, 4.69) is 0 Å². The summed E-state index contributed by atoms with van der Waals surface area (Å²) in [7, 11) is 0.247. The van der Waals surface area contributed by atoms with E-state index in [0.29, 0.717) is 0 Å². The molecule has 2 aliphatic carbocycles. The summed E-state index contributed by atoms with van der Waals surface area (Å²) in [6.45, 7) is 0. The minimum Gasteiger partial charge on any atom is -0.465 e. The average molecular weight is 214 g/mol. The zero-order valence-electron chi connectivity index (χ0n) is 8.80. The van der Waals surface area contributed by atoms with Gasteiger partial charge < -0.3 is 4.12 Å². The van der Waals surface area contributed by atoms with Crippen molar-refractivity contribution in [1.82, 2.24) is 0 Å². The monoisotopic (exact) mass is 214 g/mol. The fourth-order valence-electron chi connectivity index (χ4n) is 3.34. The molecule has 3 heteroatoms. The fraction of sp³-hybridized carbons (Fsp3) is 1.00. The first kappa shape index (κ1) is 9.93. The Bertz CT molecular complexity index is 135. The summed E-state index contributed by atoms with van der Waals surface area (Å²) in [5.74, 6) is 0. The zero-order chi connectivity index (χ0) is 9.10. The Hall–Kier alpha value is 0.394. The molecule has 2 saturated carbocycles. The summed E-state index contributed by atoms with van der Waals surface area (Å²) >= 11 is 0. The molecule has 0 heterocycles. The molecule has 0 amide bonds. The molecule has 0 bridgehead atoms. The van der Waals surface area contributed by atoms with Crippen LogP contribution in [0.2, 0.25) is 11.1 Å². The summed E-state index contributed by atoms with van der Waals surface area (Å²) in [6, 6.07) is 0. The van der Waals surface area contributed by atoms with Crippen molar-refractivity contribution in [2.24, 2.45) is 0 Å². The molecule has 0 spiro atoms. The minimum absolute atomic E-state index is 0.756. The van der Waals surface area contributed by atoms with E-state index in [1.165, 1.54) is 51.4 Å². The first-order valence-electron chi connectivity index (χ1n) is 5.94. The Labute approximate surface area is 86.5 Å². The van der Waals surface area contributed by atoms with E-state index in [9.17, 15) is 0 Å². The molecule has 0 aromatic heterocycles. The van der Waals surface area contributed by atoms with Gasteiger partial charge in [0.2, 0.25) is 0 Å². The van der Waals surface area contributed by atoms with Crippen LogP contribution in [-0.4, -0.2) is 19.5 Å². The molecule has 2 rings (SSSR count). The van der Waals surface area contributed by atoms with Crippen molar-refractivity contribution in [3.8, 4) is 0 Å². The summed E-state index contributed by atoms with van der Waals surface area (Å²) in [4.78, 5) is 0. The van der Waals surface area contributed by atoms with E-state index >= 15 is 0 Å². The molecule has 0 saturated heterocycles. The van der Waals surface area contributed by atoms with Gasteiger partial charge in [-0.2, -0.15) is 0 Å². The number of hydrogen-bond donors (Lipinski definition) is 0. The topological polar surface area (TPSA) is 9.23 Å². The van der Waals surface area contributed by atoms with Crippen LogP contribution in [0.25, 0.3) is 0 Å². The van der Waals surface area contributed by atoms with Crippen molar-refractivity contribution in [2.45, 2.75) is 62.4 Å². The van der Waals surface area contributed by atoms with E-state index in [0.717, 1.165) is 21.6 Å². The van der Waals surface area contributed by atoms with Gasteiger partial charge in [-0.05, 0) is 11.1 Å². The molecule has 0 N–H and O–H groups in total. The van der Waals surface area contributed by atoms with E-state index in [-0.39, 0.29) is 0 Å². The van der Waals surface area contributed by atoms with Crippen LogP contribution in [-0.2, 0) is 4.12 Å². The molecule has 0 atom stereocenters. The molecule has 13 heavy (non-hydrogen) atoms. The number of hydrogen-bond acceptors (Lipinski definition) is 1. The Balaban J connectivity index is 1.90. The predicted molar refractivity (Wildman–Crippen MR) is 62.6 cm³/mol. The second kappa shape index (κ2) is 4.76. The van der Waals surface area contributed by atoms with Crippen molar-refractivity contribution >= 4 is 19.5 Å². The Morgan fingerprint density at radius 1 is 0.846 bits per heavy atom. The van der Waals surface area contributed by atoms with E-state index < -0.39 is 9.04 Å². The van der Waals surface area contributed by atoms with Crippen molar-refractivity contribution in [1.29, 1.82) is 0 Å². The molecule has 0 unspecified atom stereocenters. The lowest BCUT2D eigenvalue weighted by molar-refractivity contribution is 0.556. The van der Waals surface area contributed by atoms with E-state index in [1.807, 2.05) is 0 Å². The van der Waals surface area contributed by atoms with Crippen LogP contribution in [0.5, 0.6) is 0 Å². The third-order valence-corrected chi connectivity index (χ3v) is 9.37. The maximum Gasteiger partial charge on any atom is 0.168 e. The molecule has 0 radical (unpaired) electrons. The van der Waals surface area contributed by atoms with Gasteiger partial charge in [-0.15, -0.1) is 0 Å². The van der Waals surface area contributed by atoms with Crippen LogP contribution in [0.4, 0.5) is 0 Å². The molecular weight excluding hydrogens is 192 g/mol. The van der Waals surface area contributed by atoms with Gasteiger partial charge in [0, 0.05) is 0 Å². The summed E-state index contributed by atoms with van der Waals surface area (Å²) in [6.07, 6.45) is 12.0. The molecule has 0 aromatic rings. The van der Waals surface area contributed by atoms with Crippen LogP contribution >= 0.6 is 0 Å². The van der Waals surface area contributed by atoms with Crippen LogP contribution in [0.3, 0.4) is 0 Å². The van der Waals surface area contributed by atoms with Gasteiger partial charge >= 0.3 is 0 Å². The van der Waals surface area contributed by atoms with Gasteiger partial charge in [0.25, 0.3) is 0 Å². The summed E-state index contributed by atoms with van der Waals surface area (Å²) < 4.78 is 6.00. The smallest absolute Gasteiger partial charge is 0.168 e. The summed E-state index contributed by atoms with van der Waals surface area (Å²) in [5.41, 5.74) is 2.14. The highest BCUT2D eigenvalue weighted by atomic mass is 28.3. The van der Waals surface area contributed by atoms with Crippen LogP contribution in [0.1, 0.15) is 51.4 Å². The second-order valence-corrected chi connectivity index (χ2v) is 9.49. The predicted octanol–water partition coefficient (Wildman–Crippen LogP) is 1.90. The maximum absolute atomic E-state index is 6.00. The lowest BCUT2D eigenvalue weighted by Crippen LogP contribution is -2.27. The molecule has 2 aliphatic rings. The lowest BCUT2D eigenvalue weighted by atomic mass is 10.3. The molecule has 1 nitrogen and oxygen atoms in total. The highest BCUT2D eigenvalue weighted by Gasteiger charge is 2.34. The average Bonchev–Trinajstić information content (AvgIpc) is 2.76. The third-order valence-electron chi connectivity index (χ3n) is 4.00. The van der Waals surface area contributed by atoms with Gasteiger partial charge in [-0.1, -0.05) is 51.4 Å². The quantitative estimate of drug-likeness (QED) is 0.652. The van der Waals surface area contributed by atoms with Gasteiger partial charge in [-0.3, -0.25) is 0 Å². The normalized spacial score (nSPS) is 26.5. The summed E-state index contributed by atoms with van der Waals surface area (Å²) in [5, 5.41) is 0. The lowest BCUT2D eigenvalue weighted by Gasteiger charge is -2.26. The standard InChI is InChI=1S/C10H22OSi2/c12-11-13(9-5-1-2-6-9)10-7-3-4-8-10/h9-10,13H,1-8H2,12H3. The van der Waals surface area contributed by atoms with Gasteiger partial charge in [0.05, 0.1) is 0 Å². The van der Waals surface area contributed by atoms with Gasteiger partial charge in [-0.25, -0.2) is 0 Å². The van der Waals surface area contributed by atoms with E-state index in [1.54, 1.807) is 0 Å². The molecule has 2 fully saturated rings. The maximum atomic E-state index is 6.00. The second-order valence-electron chi connectivity index (χ2n) is 4.79. The van der Waals surface area contributed by atoms with Gasteiger partial charge in [0.1, 0.15) is 10.5 Å². The highest BCUT2D eigenvalue weighted by Crippen LogP contribution is 2.43. The molecule has 76 valence electrons. The Morgan fingerprint density at radius 2 is 1.23 bits per heavy atom. The Kier molecular flexibility index (Phi) is 3.63. The van der Waals surface area contributed by atoms with Crippen LogP contribution in [0.15, 0.2) is 0 Å². The first-order chi connectivity index (χ1) is 6.42. The van der Waals surface area contributed by atoms with Gasteiger partial charge in [0.15, 0.2) is 9.04 Å².